The van der Waals surface area contributed by atoms with Gasteiger partial charge in [-0.05, 0) is 6.92 Å². The second-order valence-electron chi connectivity index (χ2n) is 2.94. The molecule has 0 spiro atoms. The first-order chi connectivity index (χ1) is 7.60. The third-order valence-electron chi connectivity index (χ3n) is 1.81. The van der Waals surface area contributed by atoms with Crippen LogP contribution in [-0.2, 0) is 4.74 Å². The number of hydrogen-bond acceptors (Lipinski definition) is 5. The first-order valence-electron chi connectivity index (χ1n) is 4.53. The Hall–Kier alpha value is -1.56. The molecular weight excluding hydrogens is 228 g/mol. The molecule has 1 N–H and O–H groups in total. The molecule has 0 saturated carbocycles. The molecule has 0 aromatic carbocycles. The second-order valence-corrected chi connectivity index (χ2v) is 3.95. The number of carbonyl (C=O) groups excluding carboxylic acids is 1. The molecule has 0 amide bonds. The van der Waals surface area contributed by atoms with Gasteiger partial charge >= 0.3 is 11.7 Å². The van der Waals surface area contributed by atoms with Crippen LogP contribution in [0.1, 0.15) is 16.1 Å². The Morgan fingerprint density at radius 1 is 1.69 bits per heavy atom. The number of carbonyl (C=O) groups is 1. The summed E-state index contributed by atoms with van der Waals surface area (Å²) in [6.07, 6.45) is 1.67. The molecule has 6 heteroatoms. The number of rotatable bonds is 4. The van der Waals surface area contributed by atoms with Crippen molar-refractivity contribution in [1.82, 2.24) is 9.97 Å². The van der Waals surface area contributed by atoms with Crippen LogP contribution in [-0.4, -0.2) is 28.8 Å². The average Bonchev–Trinajstić information content (AvgIpc) is 2.24. The monoisotopic (exact) mass is 240 g/mol. The third-order valence-corrected chi connectivity index (χ3v) is 2.79. The molecule has 0 aliphatic heterocycles. The highest BCUT2D eigenvalue weighted by Gasteiger charge is 2.17. The largest absolute Gasteiger partial charge is 0.465 e. The number of thioether (sulfide) groups is 1. The van der Waals surface area contributed by atoms with E-state index in [0.29, 0.717) is 22.0 Å². The van der Waals surface area contributed by atoms with Crippen LogP contribution in [0.3, 0.4) is 0 Å². The number of esters is 1. The Morgan fingerprint density at radius 3 is 2.94 bits per heavy atom. The van der Waals surface area contributed by atoms with Crippen LogP contribution in [0.15, 0.2) is 22.5 Å². The number of aromatic amines is 1. The fourth-order valence-corrected chi connectivity index (χ4v) is 1.95. The molecule has 1 aromatic rings. The molecule has 0 atom stereocenters. The highest BCUT2D eigenvalue weighted by Crippen LogP contribution is 2.21. The maximum Gasteiger partial charge on any atom is 0.346 e. The Balaban J connectivity index is 3.25. The molecule has 0 radical (unpaired) electrons. The maximum absolute atomic E-state index is 11.5. The highest BCUT2D eigenvalue weighted by molar-refractivity contribution is 7.99. The van der Waals surface area contributed by atoms with Crippen LogP contribution in [0, 0.1) is 6.92 Å². The van der Waals surface area contributed by atoms with Crippen LogP contribution >= 0.6 is 11.8 Å². The van der Waals surface area contributed by atoms with E-state index in [-0.39, 0.29) is 0 Å². The molecule has 0 fully saturated rings. The standard InChI is InChI=1S/C10H12N2O3S/c1-4-5-16-8-7(9(13)15-3)6(2)11-10(14)12-8/h4H,1,5H2,2-3H3,(H,11,12,14). The average molecular weight is 240 g/mol. The van der Waals surface area contributed by atoms with Gasteiger partial charge in [-0.3, -0.25) is 0 Å². The molecule has 1 rings (SSSR count). The second kappa shape index (κ2) is 5.50. The van der Waals surface area contributed by atoms with E-state index >= 15 is 0 Å². The predicted octanol–water partition coefficient (Wildman–Crippen LogP) is 1.14. The molecule has 86 valence electrons. The Bertz CT molecular complexity index is 468. The Morgan fingerprint density at radius 2 is 2.38 bits per heavy atom. The zero-order valence-electron chi connectivity index (χ0n) is 9.07. The van der Waals surface area contributed by atoms with Crippen molar-refractivity contribution in [1.29, 1.82) is 0 Å². The summed E-state index contributed by atoms with van der Waals surface area (Å²) < 4.78 is 4.64. The van der Waals surface area contributed by atoms with Gasteiger partial charge in [-0.1, -0.05) is 6.08 Å². The Kier molecular flexibility index (Phi) is 4.30. The summed E-state index contributed by atoms with van der Waals surface area (Å²) in [7, 11) is 1.29. The van der Waals surface area contributed by atoms with Crippen LogP contribution in [0.4, 0.5) is 0 Å². The summed E-state index contributed by atoms with van der Waals surface area (Å²) in [6.45, 7) is 5.20. The summed E-state index contributed by atoms with van der Waals surface area (Å²) in [5, 5.41) is 0.369. The van der Waals surface area contributed by atoms with E-state index in [4.69, 9.17) is 0 Å². The summed E-state index contributed by atoms with van der Waals surface area (Å²) >= 11 is 1.27. The number of ether oxygens (including phenoxy) is 1. The van der Waals surface area contributed by atoms with Gasteiger partial charge in [-0.25, -0.2) is 9.59 Å². The van der Waals surface area contributed by atoms with Crippen molar-refractivity contribution in [3.63, 3.8) is 0 Å². The van der Waals surface area contributed by atoms with Crippen molar-refractivity contribution in [2.24, 2.45) is 0 Å². The van der Waals surface area contributed by atoms with E-state index in [2.05, 4.69) is 21.3 Å². The van der Waals surface area contributed by atoms with Gasteiger partial charge in [-0.15, -0.1) is 18.3 Å². The summed E-state index contributed by atoms with van der Waals surface area (Å²) in [4.78, 5) is 28.9. The molecule has 0 bridgehead atoms. The van der Waals surface area contributed by atoms with E-state index in [1.54, 1.807) is 13.0 Å². The number of aryl methyl sites for hydroxylation is 1. The number of hydrogen-bond donors (Lipinski definition) is 1. The molecule has 1 heterocycles. The Labute approximate surface area is 96.9 Å². The summed E-state index contributed by atoms with van der Waals surface area (Å²) in [6, 6.07) is 0. The van der Waals surface area contributed by atoms with Gasteiger partial charge in [0.1, 0.15) is 10.6 Å². The number of methoxy groups -OCH3 is 1. The summed E-state index contributed by atoms with van der Waals surface area (Å²) in [5.41, 5.74) is 0.282. The number of H-pyrrole nitrogens is 1. The van der Waals surface area contributed by atoms with E-state index in [1.807, 2.05) is 0 Å². The van der Waals surface area contributed by atoms with E-state index < -0.39 is 11.7 Å². The van der Waals surface area contributed by atoms with Crippen molar-refractivity contribution in [3.8, 4) is 0 Å². The number of nitrogens with zero attached hydrogens (tertiary/aromatic N) is 1. The van der Waals surface area contributed by atoms with E-state index in [9.17, 15) is 9.59 Å². The SMILES string of the molecule is C=CCSc1nc(=O)[nH]c(C)c1C(=O)OC. The number of aromatic nitrogens is 2. The lowest BCUT2D eigenvalue weighted by Gasteiger charge is -2.07. The lowest BCUT2D eigenvalue weighted by atomic mass is 10.2. The van der Waals surface area contributed by atoms with Crippen molar-refractivity contribution in [2.45, 2.75) is 11.9 Å². The van der Waals surface area contributed by atoms with Crippen LogP contribution in [0.5, 0.6) is 0 Å². The first-order valence-corrected chi connectivity index (χ1v) is 5.51. The maximum atomic E-state index is 11.5. The van der Waals surface area contributed by atoms with Crippen molar-refractivity contribution < 1.29 is 9.53 Å². The minimum absolute atomic E-state index is 0.300. The van der Waals surface area contributed by atoms with E-state index in [1.165, 1.54) is 18.9 Å². The third kappa shape index (κ3) is 2.73. The van der Waals surface area contributed by atoms with Gasteiger partial charge < -0.3 is 9.72 Å². The van der Waals surface area contributed by atoms with Crippen LogP contribution in [0.2, 0.25) is 0 Å². The van der Waals surface area contributed by atoms with Crippen molar-refractivity contribution >= 4 is 17.7 Å². The van der Waals surface area contributed by atoms with Gasteiger partial charge in [0.15, 0.2) is 0 Å². The quantitative estimate of drug-likeness (QED) is 0.370. The van der Waals surface area contributed by atoms with Gasteiger partial charge in [0, 0.05) is 11.4 Å². The zero-order valence-corrected chi connectivity index (χ0v) is 9.89. The minimum atomic E-state index is -0.507. The molecule has 0 aliphatic rings. The lowest BCUT2D eigenvalue weighted by molar-refractivity contribution is 0.0594. The van der Waals surface area contributed by atoms with Crippen molar-refractivity contribution in [2.75, 3.05) is 12.9 Å². The van der Waals surface area contributed by atoms with E-state index in [0.717, 1.165) is 0 Å². The molecule has 5 nitrogen and oxygen atoms in total. The van der Waals surface area contributed by atoms with Gasteiger partial charge in [0.25, 0.3) is 0 Å². The smallest absolute Gasteiger partial charge is 0.346 e. The van der Waals surface area contributed by atoms with Crippen LogP contribution in [0.25, 0.3) is 0 Å². The predicted molar refractivity (Wildman–Crippen MR) is 61.9 cm³/mol. The fraction of sp³-hybridized carbons (Fsp3) is 0.300. The fourth-order valence-electron chi connectivity index (χ4n) is 1.14. The normalized spacial score (nSPS) is 9.88. The molecular formula is C10H12N2O3S. The molecule has 0 unspecified atom stereocenters. The van der Waals surface area contributed by atoms with Crippen molar-refractivity contribution in [3.05, 3.63) is 34.4 Å². The molecule has 0 aliphatic carbocycles. The highest BCUT2D eigenvalue weighted by atomic mass is 32.2. The molecule has 1 aromatic heterocycles. The van der Waals surface area contributed by atoms with Gasteiger partial charge in [0.2, 0.25) is 0 Å². The summed E-state index contributed by atoms with van der Waals surface area (Å²) in [5.74, 6) is 0.0627. The lowest BCUT2D eigenvalue weighted by Crippen LogP contribution is -2.19. The zero-order chi connectivity index (χ0) is 12.1. The molecule has 0 saturated heterocycles. The number of nitrogens with one attached hydrogen (secondary N) is 1. The molecule has 16 heavy (non-hydrogen) atoms. The first kappa shape index (κ1) is 12.5. The van der Waals surface area contributed by atoms with Gasteiger partial charge in [-0.2, -0.15) is 4.98 Å². The minimum Gasteiger partial charge on any atom is -0.465 e. The van der Waals surface area contributed by atoms with Crippen LogP contribution < -0.4 is 5.69 Å². The van der Waals surface area contributed by atoms with Gasteiger partial charge in [0.05, 0.1) is 7.11 Å². The topological polar surface area (TPSA) is 72.0 Å².